The Morgan fingerprint density at radius 3 is 2.27 bits per heavy atom. The van der Waals surface area contributed by atoms with Crippen molar-refractivity contribution >= 4 is 5.78 Å². The Hall–Kier alpha value is -2.13. The Kier molecular flexibility index (Phi) is 6.43. The van der Waals surface area contributed by atoms with Crippen LogP contribution in [0.2, 0.25) is 0 Å². The van der Waals surface area contributed by atoms with E-state index in [1.54, 1.807) is 0 Å². The molecule has 3 heteroatoms. The minimum atomic E-state index is 0.0596. The first-order valence-corrected chi connectivity index (χ1v) is 11.2. The van der Waals surface area contributed by atoms with Gasteiger partial charge in [-0.2, -0.15) is 0 Å². The fraction of sp³-hybridized carbons (Fsp3) is 0.519. The van der Waals surface area contributed by atoms with Gasteiger partial charge in [0.2, 0.25) is 0 Å². The van der Waals surface area contributed by atoms with Gasteiger partial charge in [0.1, 0.15) is 11.5 Å². The molecule has 30 heavy (non-hydrogen) atoms. The van der Waals surface area contributed by atoms with Crippen molar-refractivity contribution in [2.75, 3.05) is 0 Å². The maximum atomic E-state index is 13.0. The second kappa shape index (κ2) is 8.55. The zero-order valence-electron chi connectivity index (χ0n) is 19.6. The summed E-state index contributed by atoms with van der Waals surface area (Å²) in [6, 6.07) is 14.0. The molecule has 162 valence electrons. The minimum absolute atomic E-state index is 0.0596. The van der Waals surface area contributed by atoms with Crippen molar-refractivity contribution in [3.63, 3.8) is 0 Å². The smallest absolute Gasteiger partial charge is 0.163 e. The summed E-state index contributed by atoms with van der Waals surface area (Å²) in [6.45, 7) is 15.3. The molecule has 0 amide bonds. The number of Topliss-reactive ketones (excluding diaryl/α,β-unsaturated/α-hetero) is 1. The molecule has 1 aliphatic heterocycles. The van der Waals surface area contributed by atoms with Crippen LogP contribution in [-0.4, -0.2) is 16.9 Å². The second-order valence-electron chi connectivity index (χ2n) is 10.6. The van der Waals surface area contributed by atoms with Gasteiger partial charge in [-0.3, -0.25) is 4.79 Å². The molecule has 0 saturated carbocycles. The number of ketones is 1. The fourth-order valence-corrected chi connectivity index (χ4v) is 5.16. The summed E-state index contributed by atoms with van der Waals surface area (Å²) >= 11 is 0. The minimum Gasteiger partial charge on any atom is -0.457 e. The number of carbonyl (C=O) groups excluding carboxylic acids is 1. The van der Waals surface area contributed by atoms with Crippen LogP contribution in [0.3, 0.4) is 0 Å². The normalized spacial score (nSPS) is 18.4. The standard InChI is InChI=1S/C27H37NO2/c1-18(2)22-10-8-9-11-25(22)30-24-13-12-21(14-19(24)3)23(29)15-20-16-26(4,5)28-27(6,7)17-20/h8-14,18,20,28H,15-17H2,1-7H3. The van der Waals surface area contributed by atoms with E-state index < -0.39 is 0 Å². The quantitative estimate of drug-likeness (QED) is 0.522. The average molecular weight is 408 g/mol. The van der Waals surface area contributed by atoms with Gasteiger partial charge in [0, 0.05) is 23.1 Å². The number of hydrogen-bond donors (Lipinski definition) is 1. The molecule has 0 spiro atoms. The third-order valence-electron chi connectivity index (χ3n) is 6.01. The van der Waals surface area contributed by atoms with Crippen LogP contribution in [-0.2, 0) is 0 Å². The highest BCUT2D eigenvalue weighted by molar-refractivity contribution is 5.96. The van der Waals surface area contributed by atoms with Crippen molar-refractivity contribution in [2.24, 2.45) is 5.92 Å². The fourth-order valence-electron chi connectivity index (χ4n) is 5.16. The van der Waals surface area contributed by atoms with Crippen molar-refractivity contribution in [1.29, 1.82) is 0 Å². The van der Waals surface area contributed by atoms with Gasteiger partial charge in [-0.05, 0) is 94.7 Å². The number of piperidine rings is 1. The molecule has 1 heterocycles. The van der Waals surface area contributed by atoms with E-state index in [-0.39, 0.29) is 16.9 Å². The maximum absolute atomic E-state index is 13.0. The van der Waals surface area contributed by atoms with Gasteiger partial charge >= 0.3 is 0 Å². The highest BCUT2D eigenvalue weighted by atomic mass is 16.5. The lowest BCUT2D eigenvalue weighted by molar-refractivity contribution is 0.0864. The first-order chi connectivity index (χ1) is 14.0. The first-order valence-electron chi connectivity index (χ1n) is 11.2. The molecule has 1 N–H and O–H groups in total. The van der Waals surface area contributed by atoms with Gasteiger partial charge in [-0.25, -0.2) is 0 Å². The summed E-state index contributed by atoms with van der Waals surface area (Å²) in [6.07, 6.45) is 2.65. The zero-order chi connectivity index (χ0) is 22.1. The van der Waals surface area contributed by atoms with E-state index in [9.17, 15) is 4.79 Å². The van der Waals surface area contributed by atoms with Crippen molar-refractivity contribution in [1.82, 2.24) is 5.32 Å². The van der Waals surface area contributed by atoms with Gasteiger partial charge in [0.05, 0.1) is 0 Å². The Bertz CT molecular complexity index is 895. The maximum Gasteiger partial charge on any atom is 0.163 e. The third kappa shape index (κ3) is 5.51. The number of nitrogens with one attached hydrogen (secondary N) is 1. The van der Waals surface area contributed by atoms with Gasteiger partial charge in [0.15, 0.2) is 5.78 Å². The number of carbonyl (C=O) groups is 1. The highest BCUT2D eigenvalue weighted by Crippen LogP contribution is 2.36. The van der Waals surface area contributed by atoms with Crippen LogP contribution in [0, 0.1) is 12.8 Å². The third-order valence-corrected chi connectivity index (χ3v) is 6.01. The summed E-state index contributed by atoms with van der Waals surface area (Å²) in [4.78, 5) is 13.0. The van der Waals surface area contributed by atoms with Crippen LogP contribution >= 0.6 is 0 Å². The lowest BCUT2D eigenvalue weighted by atomic mass is 9.74. The van der Waals surface area contributed by atoms with E-state index in [1.807, 2.05) is 43.3 Å². The Balaban J connectivity index is 1.73. The number of benzene rings is 2. The summed E-state index contributed by atoms with van der Waals surface area (Å²) in [7, 11) is 0. The van der Waals surface area contributed by atoms with Crippen LogP contribution < -0.4 is 10.1 Å². The summed E-state index contributed by atoms with van der Waals surface area (Å²) < 4.78 is 6.22. The number of para-hydroxylation sites is 1. The molecule has 0 atom stereocenters. The van der Waals surface area contributed by atoms with Crippen LogP contribution in [0.15, 0.2) is 42.5 Å². The van der Waals surface area contributed by atoms with Crippen molar-refractivity contribution in [3.05, 3.63) is 59.2 Å². The van der Waals surface area contributed by atoms with E-state index in [1.165, 1.54) is 5.56 Å². The predicted octanol–water partition coefficient (Wildman–Crippen LogP) is 7.04. The molecular formula is C27H37NO2. The van der Waals surface area contributed by atoms with E-state index in [2.05, 4.69) is 52.9 Å². The topological polar surface area (TPSA) is 38.3 Å². The Morgan fingerprint density at radius 1 is 1.03 bits per heavy atom. The Morgan fingerprint density at radius 2 is 1.67 bits per heavy atom. The second-order valence-corrected chi connectivity index (χ2v) is 10.6. The molecule has 0 aliphatic carbocycles. The van der Waals surface area contributed by atoms with Crippen molar-refractivity contribution in [3.8, 4) is 11.5 Å². The lowest BCUT2D eigenvalue weighted by Crippen LogP contribution is -2.57. The highest BCUT2D eigenvalue weighted by Gasteiger charge is 2.38. The van der Waals surface area contributed by atoms with Crippen molar-refractivity contribution < 1.29 is 9.53 Å². The SMILES string of the molecule is Cc1cc(C(=O)CC2CC(C)(C)NC(C)(C)C2)ccc1Oc1ccccc1C(C)C. The van der Waals surface area contributed by atoms with Gasteiger partial charge < -0.3 is 10.1 Å². The number of rotatable bonds is 6. The predicted molar refractivity (Wildman–Crippen MR) is 125 cm³/mol. The van der Waals surface area contributed by atoms with Gasteiger partial charge in [-0.15, -0.1) is 0 Å². The first kappa shape index (κ1) is 22.6. The monoisotopic (exact) mass is 407 g/mol. The summed E-state index contributed by atoms with van der Waals surface area (Å²) in [5.74, 6) is 2.71. The molecular weight excluding hydrogens is 370 g/mol. The molecule has 1 fully saturated rings. The van der Waals surface area contributed by atoms with Crippen LogP contribution in [0.5, 0.6) is 11.5 Å². The molecule has 3 nitrogen and oxygen atoms in total. The van der Waals surface area contributed by atoms with E-state index in [0.29, 0.717) is 18.3 Å². The van der Waals surface area contributed by atoms with Crippen LogP contribution in [0.4, 0.5) is 0 Å². The van der Waals surface area contributed by atoms with Gasteiger partial charge in [-0.1, -0.05) is 32.0 Å². The molecule has 1 aliphatic rings. The summed E-state index contributed by atoms with van der Waals surface area (Å²) in [5.41, 5.74) is 3.08. The average Bonchev–Trinajstić information content (AvgIpc) is 2.60. The zero-order valence-corrected chi connectivity index (χ0v) is 19.6. The van der Waals surface area contributed by atoms with E-state index in [0.717, 1.165) is 35.5 Å². The molecule has 2 aromatic carbocycles. The number of aryl methyl sites for hydroxylation is 1. The Labute approximate surface area is 182 Å². The lowest BCUT2D eigenvalue weighted by Gasteiger charge is -2.46. The molecule has 2 aromatic rings. The molecule has 0 bridgehead atoms. The molecule has 0 aromatic heterocycles. The molecule has 0 radical (unpaired) electrons. The summed E-state index contributed by atoms with van der Waals surface area (Å²) in [5, 5.41) is 3.70. The van der Waals surface area contributed by atoms with Crippen LogP contribution in [0.1, 0.15) is 88.2 Å². The van der Waals surface area contributed by atoms with E-state index in [4.69, 9.17) is 4.74 Å². The van der Waals surface area contributed by atoms with Crippen LogP contribution in [0.25, 0.3) is 0 Å². The van der Waals surface area contributed by atoms with Gasteiger partial charge in [0.25, 0.3) is 0 Å². The molecule has 1 saturated heterocycles. The molecule has 0 unspecified atom stereocenters. The largest absolute Gasteiger partial charge is 0.457 e. The number of ether oxygens (including phenoxy) is 1. The van der Waals surface area contributed by atoms with Crippen molar-refractivity contribution in [2.45, 2.75) is 84.7 Å². The molecule has 3 rings (SSSR count). The number of hydrogen-bond acceptors (Lipinski definition) is 3. The van der Waals surface area contributed by atoms with E-state index >= 15 is 0 Å².